The molecule has 24 heavy (non-hydrogen) atoms. The maximum absolute atomic E-state index is 12.3. The minimum atomic E-state index is -0.957. The van der Waals surface area contributed by atoms with Crippen molar-refractivity contribution in [3.8, 4) is 0 Å². The van der Waals surface area contributed by atoms with Gasteiger partial charge in [-0.1, -0.05) is 40.2 Å². The van der Waals surface area contributed by atoms with Crippen molar-refractivity contribution in [3.05, 3.63) is 69.2 Å². The van der Waals surface area contributed by atoms with E-state index in [4.69, 9.17) is 0 Å². The highest BCUT2D eigenvalue weighted by Gasteiger charge is 2.24. The third kappa shape index (κ3) is 3.67. The molecule has 1 aliphatic rings. The summed E-state index contributed by atoms with van der Waals surface area (Å²) in [7, 11) is 0. The molecule has 2 aromatic carbocycles. The number of rotatable bonds is 5. The number of hydrogen-bond donors (Lipinski definition) is 2. The molecule has 1 unspecified atom stereocenters. The molecule has 2 N–H and O–H groups in total. The molecule has 0 radical (unpaired) electrons. The van der Waals surface area contributed by atoms with Gasteiger partial charge >= 0.3 is 5.97 Å². The van der Waals surface area contributed by atoms with Crippen LogP contribution in [-0.2, 0) is 17.6 Å². The van der Waals surface area contributed by atoms with Crippen LogP contribution in [0.1, 0.15) is 45.9 Å². The summed E-state index contributed by atoms with van der Waals surface area (Å²) in [6.07, 6.45) is 2.58. The molecule has 4 nitrogen and oxygen atoms in total. The average molecular weight is 388 g/mol. The number of amides is 1. The highest BCUT2D eigenvalue weighted by atomic mass is 79.9. The first-order valence-electron chi connectivity index (χ1n) is 7.93. The zero-order valence-electron chi connectivity index (χ0n) is 13.1. The number of carboxylic acid groups (broad SMARTS) is 1. The molecule has 1 atom stereocenters. The maximum Gasteiger partial charge on any atom is 0.335 e. The van der Waals surface area contributed by atoms with Crippen LogP contribution < -0.4 is 5.32 Å². The Morgan fingerprint density at radius 2 is 2.00 bits per heavy atom. The fourth-order valence-electron chi connectivity index (χ4n) is 3.20. The van der Waals surface area contributed by atoms with Crippen molar-refractivity contribution in [2.75, 3.05) is 0 Å². The number of carbonyl (C=O) groups is 2. The smallest absolute Gasteiger partial charge is 0.335 e. The Morgan fingerprint density at radius 1 is 1.21 bits per heavy atom. The molecule has 0 heterocycles. The predicted molar refractivity (Wildman–Crippen MR) is 95.1 cm³/mol. The second-order valence-electron chi connectivity index (χ2n) is 5.96. The molecule has 0 saturated heterocycles. The van der Waals surface area contributed by atoms with Gasteiger partial charge in [0.25, 0.3) is 0 Å². The van der Waals surface area contributed by atoms with Crippen molar-refractivity contribution >= 4 is 27.8 Å². The Kier molecular flexibility index (Phi) is 5.00. The average Bonchev–Trinajstić information content (AvgIpc) is 2.95. The molecule has 0 fully saturated rings. The number of nitrogens with one attached hydrogen (secondary N) is 1. The van der Waals surface area contributed by atoms with Crippen molar-refractivity contribution in [2.45, 2.75) is 31.7 Å². The highest BCUT2D eigenvalue weighted by Crippen LogP contribution is 2.33. The molecule has 0 aliphatic heterocycles. The van der Waals surface area contributed by atoms with Crippen molar-refractivity contribution in [2.24, 2.45) is 0 Å². The molecule has 0 bridgehead atoms. The molecule has 1 amide bonds. The molecule has 5 heteroatoms. The number of hydrogen-bond acceptors (Lipinski definition) is 2. The van der Waals surface area contributed by atoms with E-state index in [9.17, 15) is 14.7 Å². The third-order valence-electron chi connectivity index (χ3n) is 4.39. The minimum Gasteiger partial charge on any atom is -0.478 e. The summed E-state index contributed by atoms with van der Waals surface area (Å²) in [6.45, 7) is 0. The number of halogens is 1. The molecule has 2 aromatic rings. The fraction of sp³-hybridized carbons (Fsp3) is 0.263. The zero-order valence-corrected chi connectivity index (χ0v) is 14.7. The van der Waals surface area contributed by atoms with Gasteiger partial charge in [-0.25, -0.2) is 4.79 Å². The van der Waals surface area contributed by atoms with Crippen molar-refractivity contribution in [1.82, 2.24) is 5.32 Å². The van der Waals surface area contributed by atoms with Crippen LogP contribution in [0.3, 0.4) is 0 Å². The molecular formula is C19H18BrNO3. The van der Waals surface area contributed by atoms with Gasteiger partial charge in [-0.2, -0.15) is 0 Å². The number of benzene rings is 2. The van der Waals surface area contributed by atoms with E-state index < -0.39 is 5.97 Å². The monoisotopic (exact) mass is 387 g/mol. The van der Waals surface area contributed by atoms with Gasteiger partial charge in [0.2, 0.25) is 5.91 Å². The number of carboxylic acids is 1. The largest absolute Gasteiger partial charge is 0.478 e. The summed E-state index contributed by atoms with van der Waals surface area (Å²) in [4.78, 5) is 23.5. The van der Waals surface area contributed by atoms with E-state index in [1.807, 2.05) is 6.07 Å². The topological polar surface area (TPSA) is 66.4 Å². The van der Waals surface area contributed by atoms with E-state index in [0.717, 1.165) is 17.3 Å². The standard InChI is InChI=1S/C19H18BrNO3/c20-14-7-8-15-13(11-14)5-9-17(15)21-18(22)10-6-12-3-1-2-4-16(12)19(23)24/h1-4,7-8,11,17H,5-6,9-10H2,(H,21,22)(H,23,24). The molecule has 3 rings (SSSR count). The molecule has 124 valence electrons. The lowest BCUT2D eigenvalue weighted by Gasteiger charge is -2.14. The van der Waals surface area contributed by atoms with Crippen LogP contribution in [0.4, 0.5) is 0 Å². The van der Waals surface area contributed by atoms with Gasteiger partial charge in [0.15, 0.2) is 0 Å². The molecule has 1 aliphatic carbocycles. The fourth-order valence-corrected chi connectivity index (χ4v) is 3.61. The summed E-state index contributed by atoms with van der Waals surface area (Å²) in [5.41, 5.74) is 3.40. The second kappa shape index (κ2) is 7.18. The normalized spacial score (nSPS) is 15.8. The van der Waals surface area contributed by atoms with Gasteiger partial charge in [-0.3, -0.25) is 4.79 Å². The van der Waals surface area contributed by atoms with E-state index in [0.29, 0.717) is 12.0 Å². The van der Waals surface area contributed by atoms with Crippen molar-refractivity contribution in [3.63, 3.8) is 0 Å². The van der Waals surface area contributed by atoms with Gasteiger partial charge in [-0.15, -0.1) is 0 Å². The SMILES string of the molecule is O=C(CCc1ccccc1C(=O)O)NC1CCc2cc(Br)ccc21. The third-order valence-corrected chi connectivity index (χ3v) is 4.88. The maximum atomic E-state index is 12.3. The van der Waals surface area contributed by atoms with Crippen LogP contribution in [0.15, 0.2) is 46.9 Å². The van der Waals surface area contributed by atoms with Crippen LogP contribution >= 0.6 is 15.9 Å². The van der Waals surface area contributed by atoms with Gasteiger partial charge in [0.05, 0.1) is 11.6 Å². The van der Waals surface area contributed by atoms with Crippen molar-refractivity contribution < 1.29 is 14.7 Å². The Labute approximate surface area is 149 Å². The van der Waals surface area contributed by atoms with Gasteiger partial charge in [0.1, 0.15) is 0 Å². The summed E-state index contributed by atoms with van der Waals surface area (Å²) < 4.78 is 1.05. The van der Waals surface area contributed by atoms with Crippen LogP contribution in [0, 0.1) is 0 Å². The van der Waals surface area contributed by atoms with E-state index in [1.54, 1.807) is 24.3 Å². The van der Waals surface area contributed by atoms with Gasteiger partial charge in [0, 0.05) is 10.9 Å². The van der Waals surface area contributed by atoms with Crippen molar-refractivity contribution in [1.29, 1.82) is 0 Å². The predicted octanol–water partition coefficient (Wildman–Crippen LogP) is 3.88. The molecule has 0 aromatic heterocycles. The summed E-state index contributed by atoms with van der Waals surface area (Å²) >= 11 is 3.47. The van der Waals surface area contributed by atoms with Crippen LogP contribution in [0.5, 0.6) is 0 Å². The van der Waals surface area contributed by atoms with E-state index >= 15 is 0 Å². The first-order chi connectivity index (χ1) is 11.5. The summed E-state index contributed by atoms with van der Waals surface area (Å²) in [6, 6.07) is 13.0. The summed E-state index contributed by atoms with van der Waals surface area (Å²) in [5, 5.41) is 12.3. The van der Waals surface area contributed by atoms with E-state index in [1.165, 1.54) is 11.1 Å². The first kappa shape index (κ1) is 16.7. The quantitative estimate of drug-likeness (QED) is 0.817. The number of aromatic carboxylic acids is 1. The van der Waals surface area contributed by atoms with E-state index in [-0.39, 0.29) is 23.9 Å². The lowest BCUT2D eigenvalue weighted by molar-refractivity contribution is -0.121. The molecule has 0 saturated carbocycles. The Morgan fingerprint density at radius 3 is 2.79 bits per heavy atom. The van der Waals surface area contributed by atoms with Crippen LogP contribution in [-0.4, -0.2) is 17.0 Å². The Bertz CT molecular complexity index is 788. The number of fused-ring (bicyclic) bond motifs is 1. The Balaban J connectivity index is 1.61. The molecule has 0 spiro atoms. The van der Waals surface area contributed by atoms with Crippen LogP contribution in [0.25, 0.3) is 0 Å². The second-order valence-corrected chi connectivity index (χ2v) is 6.88. The summed E-state index contributed by atoms with van der Waals surface area (Å²) in [5.74, 6) is -1.00. The number of aryl methyl sites for hydroxylation is 2. The Hall–Kier alpha value is -2.14. The van der Waals surface area contributed by atoms with Gasteiger partial charge in [-0.05, 0) is 54.2 Å². The number of carbonyl (C=O) groups excluding carboxylic acids is 1. The van der Waals surface area contributed by atoms with Gasteiger partial charge < -0.3 is 10.4 Å². The van der Waals surface area contributed by atoms with Crippen LogP contribution in [0.2, 0.25) is 0 Å². The lowest BCUT2D eigenvalue weighted by atomic mass is 10.0. The van der Waals surface area contributed by atoms with E-state index in [2.05, 4.69) is 33.4 Å². The lowest BCUT2D eigenvalue weighted by Crippen LogP contribution is -2.27. The molecular weight excluding hydrogens is 370 g/mol. The minimum absolute atomic E-state index is 0.0454. The highest BCUT2D eigenvalue weighted by molar-refractivity contribution is 9.10. The first-order valence-corrected chi connectivity index (χ1v) is 8.73. The zero-order chi connectivity index (χ0) is 17.1.